The molecule has 0 saturated heterocycles. The fourth-order valence-corrected chi connectivity index (χ4v) is 10.9. The highest BCUT2D eigenvalue weighted by Gasteiger charge is 2.25. The molecule has 3 heterocycles. The van der Waals surface area contributed by atoms with E-state index in [2.05, 4.69) is 124 Å². The highest BCUT2D eigenvalue weighted by molar-refractivity contribution is 7.80. The van der Waals surface area contributed by atoms with Gasteiger partial charge in [0, 0.05) is 47.3 Å². The van der Waals surface area contributed by atoms with Crippen molar-refractivity contribution in [1.29, 1.82) is 0 Å². The zero-order chi connectivity index (χ0) is 75.9. The van der Waals surface area contributed by atoms with E-state index >= 15 is 0 Å². The van der Waals surface area contributed by atoms with Crippen LogP contribution >= 0.6 is 36.7 Å². The molecule has 104 heavy (non-hydrogen) atoms. The van der Waals surface area contributed by atoms with E-state index in [4.69, 9.17) is 57.1 Å². The molecule has 27 heteroatoms. The zero-order valence-corrected chi connectivity index (χ0v) is 62.2. The van der Waals surface area contributed by atoms with Gasteiger partial charge in [0.2, 0.25) is 0 Å². The van der Waals surface area contributed by atoms with Crippen molar-refractivity contribution in [1.82, 2.24) is 45.6 Å². The molecule has 0 aliphatic rings. The number of hydrogen-bond acceptors (Lipinski definition) is 15. The van der Waals surface area contributed by atoms with Gasteiger partial charge in [0.15, 0.2) is 49.7 Å². The van der Waals surface area contributed by atoms with Gasteiger partial charge in [-0.05, 0) is 196 Å². The van der Waals surface area contributed by atoms with Crippen LogP contribution in [0.4, 0.5) is 17.1 Å². The predicted molar refractivity (Wildman–Crippen MR) is 422 cm³/mol. The highest BCUT2D eigenvalue weighted by Crippen LogP contribution is 2.38. The SMILES string of the molecule is C/C(=N\NC(=S)Nc1ccc(C(=O)O)cc1)c1nn(C)c(-c2ccc(C)c(C)c2)c1O.C/C(=N\NC(=S)Nc1ccc(C(=O)O)cc1)c1nn(Cc2ccccc2)c(-c2ccc(C(C)(C)C)cc2)c1O.CCn1nc(/C(C)=N/NC(=S)Nc2ccc(C(=O)O)cc2)c(O)c1-c1ccc(C(C)(C)C)cc1. The Kier molecular flexibility index (Phi) is 25.5. The van der Waals surface area contributed by atoms with Gasteiger partial charge in [-0.2, -0.15) is 30.6 Å². The van der Waals surface area contributed by atoms with E-state index in [1.54, 1.807) is 78.3 Å². The first kappa shape index (κ1) is 77.8. The van der Waals surface area contributed by atoms with E-state index in [-0.39, 0.29) is 60.1 Å². The van der Waals surface area contributed by atoms with Crippen molar-refractivity contribution in [2.75, 3.05) is 16.0 Å². The molecule has 538 valence electrons. The van der Waals surface area contributed by atoms with Crippen molar-refractivity contribution in [3.05, 3.63) is 231 Å². The highest BCUT2D eigenvalue weighted by atomic mass is 32.1. The van der Waals surface area contributed by atoms with Gasteiger partial charge in [0.25, 0.3) is 0 Å². The lowest BCUT2D eigenvalue weighted by Gasteiger charge is -2.19. The van der Waals surface area contributed by atoms with Crippen molar-refractivity contribution in [3.8, 4) is 51.0 Å². The molecule has 0 aliphatic heterocycles. The number of aromatic carboxylic acids is 3. The Morgan fingerprint density at radius 3 is 1.12 bits per heavy atom. The van der Waals surface area contributed by atoms with Gasteiger partial charge in [-0.25, -0.2) is 14.4 Å². The van der Waals surface area contributed by atoms with Crippen LogP contribution in [0.3, 0.4) is 0 Å². The molecule has 12 N–H and O–H groups in total. The van der Waals surface area contributed by atoms with E-state index in [1.807, 2.05) is 93.6 Å². The maximum absolute atomic E-state index is 11.3. The molecule has 0 spiro atoms. The number of carboxylic acid groups (broad SMARTS) is 3. The van der Waals surface area contributed by atoms with Crippen molar-refractivity contribution >= 4 is 104 Å². The second kappa shape index (κ2) is 34.2. The minimum Gasteiger partial charge on any atom is -0.504 e. The number of aromatic nitrogens is 6. The fraction of sp³-hybridized carbons (Fsp3) is 0.221. The number of hydrazone groups is 3. The van der Waals surface area contributed by atoms with Gasteiger partial charge in [-0.1, -0.05) is 133 Å². The van der Waals surface area contributed by atoms with E-state index in [9.17, 15) is 29.7 Å². The van der Waals surface area contributed by atoms with Crippen LogP contribution in [0.5, 0.6) is 17.2 Å². The summed E-state index contributed by atoms with van der Waals surface area (Å²) < 4.78 is 5.15. The van der Waals surface area contributed by atoms with Crippen LogP contribution in [0.1, 0.15) is 145 Å². The Hall–Kier alpha value is -11.9. The molecule has 0 bridgehead atoms. The average molecular weight is 1460 g/mol. The number of nitrogens with one attached hydrogen (secondary N) is 6. The minimum atomic E-state index is -1.00. The maximum Gasteiger partial charge on any atom is 0.335 e. The molecule has 7 aromatic carbocycles. The van der Waals surface area contributed by atoms with Gasteiger partial charge in [-0.3, -0.25) is 30.3 Å². The molecule has 24 nitrogen and oxygen atoms in total. The molecular weight excluding hydrogens is 1380 g/mol. The third-order valence-corrected chi connectivity index (χ3v) is 16.9. The second-order valence-corrected chi connectivity index (χ2v) is 27.3. The Balaban J connectivity index is 0.000000199. The lowest BCUT2D eigenvalue weighted by atomic mass is 9.86. The summed E-state index contributed by atoms with van der Waals surface area (Å²) in [6, 6.07) is 50.7. The number of thiocarbonyl (C=S) groups is 3. The number of rotatable bonds is 18. The number of anilines is 3. The topological polar surface area (TPSA) is 335 Å². The molecule has 0 aliphatic carbocycles. The van der Waals surface area contributed by atoms with E-state index < -0.39 is 17.9 Å². The van der Waals surface area contributed by atoms with Gasteiger partial charge in [0.05, 0.1) is 40.4 Å². The predicted octanol–water partition coefficient (Wildman–Crippen LogP) is 14.8. The summed E-state index contributed by atoms with van der Waals surface area (Å²) in [4.78, 5) is 32.9. The van der Waals surface area contributed by atoms with Crippen LogP contribution in [-0.4, -0.2) is 110 Å². The second-order valence-electron chi connectivity index (χ2n) is 26.1. The monoisotopic (exact) mass is 1460 g/mol. The molecule has 0 atom stereocenters. The van der Waals surface area contributed by atoms with Crippen molar-refractivity contribution in [2.45, 2.75) is 107 Å². The lowest BCUT2D eigenvalue weighted by Crippen LogP contribution is -2.25. The third-order valence-electron chi connectivity index (χ3n) is 16.4. The Morgan fingerprint density at radius 1 is 0.442 bits per heavy atom. The summed E-state index contributed by atoms with van der Waals surface area (Å²) in [5.41, 5.74) is 23.2. The number of hydrogen-bond donors (Lipinski definition) is 12. The molecule has 3 aromatic heterocycles. The Morgan fingerprint density at radius 2 is 0.779 bits per heavy atom. The lowest BCUT2D eigenvalue weighted by molar-refractivity contribution is 0.0686. The minimum absolute atomic E-state index is 0.00961. The van der Waals surface area contributed by atoms with Gasteiger partial charge in [0.1, 0.15) is 17.1 Å². The van der Waals surface area contributed by atoms with Crippen molar-refractivity contribution in [2.24, 2.45) is 22.4 Å². The normalized spacial score (nSPS) is 11.6. The number of carboxylic acids is 3. The number of benzene rings is 7. The molecule has 10 aromatic rings. The summed E-state index contributed by atoms with van der Waals surface area (Å²) in [5, 5.41) is 96.0. The molecule has 0 amide bonds. The number of carbonyl (C=O) groups is 3. The summed E-state index contributed by atoms with van der Waals surface area (Å²) >= 11 is 15.8. The van der Waals surface area contributed by atoms with Crippen molar-refractivity contribution in [3.63, 3.8) is 0 Å². The van der Waals surface area contributed by atoms with Gasteiger partial charge in [-0.15, -0.1) is 0 Å². The molecule has 0 unspecified atom stereocenters. The van der Waals surface area contributed by atoms with Crippen LogP contribution in [0, 0.1) is 13.8 Å². The Bertz CT molecular complexity index is 4880. The largest absolute Gasteiger partial charge is 0.504 e. The summed E-state index contributed by atoms with van der Waals surface area (Å²) in [5.74, 6) is -2.88. The van der Waals surface area contributed by atoms with E-state index in [0.29, 0.717) is 81.5 Å². The van der Waals surface area contributed by atoms with Crippen LogP contribution in [0.25, 0.3) is 33.8 Å². The standard InChI is InChI=1S/C30H31N5O3S.C25H29N5O3S.C22H23N5O3S/c1-19(32-33-29(39)31-24-16-12-22(13-17-24)28(37)38)25-27(36)26(21-10-14-23(15-11-21)30(2,3)4)35(34-25)18-20-8-6-5-7-9-20;1-6-30-21(16-7-11-18(12-8-16)25(3,4)5)22(31)20(29-30)15(2)27-28-24(34)26-19-13-9-17(10-14-19)23(32)33;1-12-5-6-16(11-13(12)2)19-20(28)18(26-27(19)4)14(3)24-25-22(31)23-17-9-7-15(8-10-17)21(29)30/h5-17,36H,18H2,1-4H3,(H,37,38)(H2,31,33,39);7-14,31H,6H2,1-5H3,(H,32,33)(H2,26,28,34);5-11,28H,1-4H3,(H,29,30)(H2,23,25,31)/b32-19+;27-15+;24-14+. The molecule has 10 rings (SSSR count). The number of aromatic hydroxyl groups is 3. The average Bonchev–Trinajstić information content (AvgIpc) is 1.65. The van der Waals surface area contributed by atoms with E-state index in [1.165, 1.54) is 53.1 Å². The third kappa shape index (κ3) is 20.2. The summed E-state index contributed by atoms with van der Waals surface area (Å²) in [7, 11) is 1.77. The summed E-state index contributed by atoms with van der Waals surface area (Å²) in [6.45, 7) is 25.2. The maximum atomic E-state index is 11.3. The van der Waals surface area contributed by atoms with Gasteiger partial charge < -0.3 is 46.6 Å². The fourth-order valence-electron chi connectivity index (χ4n) is 10.4. The first-order valence-corrected chi connectivity index (χ1v) is 34.0. The van der Waals surface area contributed by atoms with Crippen LogP contribution in [-0.2, 0) is 31.0 Å². The van der Waals surface area contributed by atoms with Crippen LogP contribution in [0.15, 0.2) is 185 Å². The van der Waals surface area contributed by atoms with E-state index in [0.717, 1.165) is 27.8 Å². The smallest absolute Gasteiger partial charge is 0.335 e. The molecule has 0 radical (unpaired) electrons. The molecular formula is C77H83N15O9S3. The quantitative estimate of drug-likeness (QED) is 0.0216. The number of nitrogens with zero attached hydrogens (tertiary/aromatic N) is 9. The number of aryl methyl sites for hydroxylation is 4. The zero-order valence-electron chi connectivity index (χ0n) is 59.7. The van der Waals surface area contributed by atoms with Crippen molar-refractivity contribution < 1.29 is 45.0 Å². The van der Waals surface area contributed by atoms with Gasteiger partial charge >= 0.3 is 17.9 Å². The first-order valence-electron chi connectivity index (χ1n) is 32.7. The molecule has 0 saturated carbocycles. The first-order chi connectivity index (χ1) is 49.2. The van der Waals surface area contributed by atoms with Crippen LogP contribution in [0.2, 0.25) is 0 Å². The summed E-state index contributed by atoms with van der Waals surface area (Å²) in [6.07, 6.45) is 0. The van der Waals surface area contributed by atoms with Crippen LogP contribution < -0.4 is 32.2 Å². The Labute approximate surface area is 618 Å². The molecule has 0 fully saturated rings.